The number of rotatable bonds is 8. The van der Waals surface area contributed by atoms with Crippen molar-refractivity contribution < 1.29 is 19.4 Å². The molecule has 0 amide bonds. The maximum Gasteiger partial charge on any atom is 0.302 e. The van der Waals surface area contributed by atoms with E-state index in [0.717, 1.165) is 12.8 Å². The largest absolute Gasteiger partial charge is 0.466 e. The van der Waals surface area contributed by atoms with Crippen LogP contribution < -0.4 is 0 Å². The highest BCUT2D eigenvalue weighted by Gasteiger charge is 1.93. The Morgan fingerprint density at radius 1 is 1.08 bits per heavy atom. The molecule has 0 spiro atoms. The molecule has 0 unspecified atom stereocenters. The van der Waals surface area contributed by atoms with Crippen LogP contribution in [0.5, 0.6) is 0 Å². The standard InChI is InChI=1S/C9H17O4/c1-9(11)13-8-3-2-6-12-7-4-5-10/h2-8H2,1H3. The van der Waals surface area contributed by atoms with E-state index < -0.39 is 0 Å². The van der Waals surface area contributed by atoms with E-state index in [4.69, 9.17) is 9.47 Å². The SMILES string of the molecule is CC(=O)OCCCCOCCC[O]. The first-order valence-electron chi connectivity index (χ1n) is 4.56. The van der Waals surface area contributed by atoms with Gasteiger partial charge in [0.15, 0.2) is 0 Å². The van der Waals surface area contributed by atoms with Crippen LogP contribution in [-0.2, 0) is 19.4 Å². The van der Waals surface area contributed by atoms with Crippen LogP contribution in [0.15, 0.2) is 0 Å². The lowest BCUT2D eigenvalue weighted by molar-refractivity contribution is -0.141. The van der Waals surface area contributed by atoms with Gasteiger partial charge in [0.2, 0.25) is 0 Å². The maximum atomic E-state index is 10.3. The predicted molar refractivity (Wildman–Crippen MR) is 46.9 cm³/mol. The van der Waals surface area contributed by atoms with Crippen molar-refractivity contribution >= 4 is 5.97 Å². The van der Waals surface area contributed by atoms with E-state index in [0.29, 0.717) is 26.2 Å². The normalized spacial score (nSPS) is 10.0. The Labute approximate surface area is 78.8 Å². The van der Waals surface area contributed by atoms with Gasteiger partial charge in [-0.05, 0) is 19.3 Å². The van der Waals surface area contributed by atoms with E-state index in [1.54, 1.807) is 0 Å². The van der Waals surface area contributed by atoms with E-state index in [-0.39, 0.29) is 12.6 Å². The molecule has 0 aliphatic carbocycles. The third-order valence-corrected chi connectivity index (χ3v) is 1.42. The quantitative estimate of drug-likeness (QED) is 0.425. The fourth-order valence-corrected chi connectivity index (χ4v) is 0.785. The molecule has 0 saturated carbocycles. The summed E-state index contributed by atoms with van der Waals surface area (Å²) >= 11 is 0. The van der Waals surface area contributed by atoms with Gasteiger partial charge < -0.3 is 9.47 Å². The summed E-state index contributed by atoms with van der Waals surface area (Å²) in [5, 5.41) is 10.0. The van der Waals surface area contributed by atoms with Gasteiger partial charge >= 0.3 is 5.97 Å². The van der Waals surface area contributed by atoms with Gasteiger partial charge in [0.25, 0.3) is 0 Å². The number of unbranched alkanes of at least 4 members (excludes halogenated alkanes) is 1. The second-order valence-electron chi connectivity index (χ2n) is 2.72. The summed E-state index contributed by atoms with van der Waals surface area (Å²) < 4.78 is 9.87. The number of hydrogen-bond acceptors (Lipinski definition) is 3. The summed E-state index contributed by atoms with van der Waals surface area (Å²) in [7, 11) is 0. The third-order valence-electron chi connectivity index (χ3n) is 1.42. The summed E-state index contributed by atoms with van der Waals surface area (Å²) in [6.07, 6.45) is 2.26. The van der Waals surface area contributed by atoms with Gasteiger partial charge in [-0.25, -0.2) is 5.11 Å². The minimum Gasteiger partial charge on any atom is -0.466 e. The van der Waals surface area contributed by atoms with Crippen LogP contribution in [0.25, 0.3) is 0 Å². The molecule has 0 aromatic heterocycles. The van der Waals surface area contributed by atoms with Crippen molar-refractivity contribution in [3.8, 4) is 0 Å². The van der Waals surface area contributed by atoms with Crippen LogP contribution in [0.1, 0.15) is 26.2 Å². The van der Waals surface area contributed by atoms with Gasteiger partial charge in [-0.1, -0.05) is 0 Å². The van der Waals surface area contributed by atoms with Crippen molar-refractivity contribution in [2.75, 3.05) is 26.4 Å². The van der Waals surface area contributed by atoms with Gasteiger partial charge in [0, 0.05) is 20.1 Å². The van der Waals surface area contributed by atoms with Crippen molar-refractivity contribution in [2.45, 2.75) is 26.2 Å². The summed E-state index contributed by atoms with van der Waals surface area (Å²) in [4.78, 5) is 10.3. The lowest BCUT2D eigenvalue weighted by Crippen LogP contribution is -2.03. The number of carbonyl (C=O) groups excluding carboxylic acids is 1. The molecule has 0 fully saturated rings. The third kappa shape index (κ3) is 11.4. The minimum atomic E-state index is -0.243. The average Bonchev–Trinajstić information content (AvgIpc) is 2.09. The highest BCUT2D eigenvalue weighted by atomic mass is 16.5. The Morgan fingerprint density at radius 3 is 2.31 bits per heavy atom. The Bertz CT molecular complexity index is 125. The van der Waals surface area contributed by atoms with Gasteiger partial charge in [0.1, 0.15) is 0 Å². The first-order valence-corrected chi connectivity index (χ1v) is 4.56. The number of esters is 1. The average molecular weight is 189 g/mol. The lowest BCUT2D eigenvalue weighted by atomic mass is 10.3. The molecular weight excluding hydrogens is 172 g/mol. The molecule has 0 atom stereocenters. The first-order chi connectivity index (χ1) is 6.27. The Morgan fingerprint density at radius 2 is 1.69 bits per heavy atom. The number of ether oxygens (including phenoxy) is 2. The Hall–Kier alpha value is -0.610. The predicted octanol–water partition coefficient (Wildman–Crippen LogP) is 1.17. The zero-order valence-electron chi connectivity index (χ0n) is 8.08. The van der Waals surface area contributed by atoms with Crippen LogP contribution in [0.4, 0.5) is 0 Å². The molecule has 4 heteroatoms. The Balaban J connectivity index is 2.87. The second kappa shape index (κ2) is 9.48. The summed E-state index contributed by atoms with van der Waals surface area (Å²) in [6, 6.07) is 0. The molecule has 0 heterocycles. The smallest absolute Gasteiger partial charge is 0.302 e. The molecule has 1 radical (unpaired) electrons. The fraction of sp³-hybridized carbons (Fsp3) is 0.889. The van der Waals surface area contributed by atoms with Gasteiger partial charge in [-0.15, -0.1) is 0 Å². The molecule has 0 aromatic carbocycles. The molecule has 4 nitrogen and oxygen atoms in total. The van der Waals surface area contributed by atoms with Gasteiger partial charge in [-0.3, -0.25) is 4.79 Å². The summed E-state index contributed by atoms with van der Waals surface area (Å²) in [6.45, 7) is 2.96. The summed E-state index contributed by atoms with van der Waals surface area (Å²) in [5.74, 6) is -0.243. The van der Waals surface area contributed by atoms with Crippen LogP contribution in [0, 0.1) is 0 Å². The highest BCUT2D eigenvalue weighted by Crippen LogP contribution is 1.92. The molecule has 13 heavy (non-hydrogen) atoms. The fourth-order valence-electron chi connectivity index (χ4n) is 0.785. The molecule has 0 aliphatic rings. The van der Waals surface area contributed by atoms with Crippen molar-refractivity contribution in [3.05, 3.63) is 0 Å². The van der Waals surface area contributed by atoms with Crippen LogP contribution in [-0.4, -0.2) is 32.4 Å². The van der Waals surface area contributed by atoms with E-state index in [2.05, 4.69) is 0 Å². The van der Waals surface area contributed by atoms with E-state index in [9.17, 15) is 9.90 Å². The molecule has 77 valence electrons. The summed E-state index contributed by atoms with van der Waals surface area (Å²) in [5.41, 5.74) is 0. The zero-order valence-corrected chi connectivity index (χ0v) is 8.08. The molecule has 0 N–H and O–H groups in total. The van der Waals surface area contributed by atoms with Gasteiger partial charge in [0.05, 0.1) is 13.2 Å². The van der Waals surface area contributed by atoms with E-state index in [1.165, 1.54) is 6.92 Å². The minimum absolute atomic E-state index is 0.0759. The molecule has 0 saturated heterocycles. The van der Waals surface area contributed by atoms with Crippen molar-refractivity contribution in [1.82, 2.24) is 0 Å². The highest BCUT2D eigenvalue weighted by molar-refractivity contribution is 5.65. The van der Waals surface area contributed by atoms with Crippen LogP contribution >= 0.6 is 0 Å². The molecule has 0 rings (SSSR count). The molecule has 0 bridgehead atoms. The zero-order chi connectivity index (χ0) is 9.94. The van der Waals surface area contributed by atoms with Gasteiger partial charge in [-0.2, -0.15) is 0 Å². The molecule has 0 aromatic rings. The first kappa shape index (κ1) is 12.4. The van der Waals surface area contributed by atoms with E-state index >= 15 is 0 Å². The van der Waals surface area contributed by atoms with Crippen LogP contribution in [0.3, 0.4) is 0 Å². The topological polar surface area (TPSA) is 55.4 Å². The monoisotopic (exact) mass is 189 g/mol. The maximum absolute atomic E-state index is 10.3. The van der Waals surface area contributed by atoms with Crippen molar-refractivity contribution in [2.24, 2.45) is 0 Å². The lowest BCUT2D eigenvalue weighted by Gasteiger charge is -2.02. The van der Waals surface area contributed by atoms with Crippen molar-refractivity contribution in [1.29, 1.82) is 0 Å². The molecule has 0 aliphatic heterocycles. The number of carbonyl (C=O) groups is 1. The van der Waals surface area contributed by atoms with E-state index in [1.807, 2.05) is 0 Å². The van der Waals surface area contributed by atoms with Crippen molar-refractivity contribution in [3.63, 3.8) is 0 Å². The molecular formula is C9H17O4. The Kier molecular flexibility index (Phi) is 9.03. The number of hydrogen-bond donors (Lipinski definition) is 0. The second-order valence-corrected chi connectivity index (χ2v) is 2.72. The van der Waals surface area contributed by atoms with Crippen LogP contribution in [0.2, 0.25) is 0 Å².